The van der Waals surface area contributed by atoms with Crippen LogP contribution < -0.4 is 15.0 Å². The summed E-state index contributed by atoms with van der Waals surface area (Å²) in [5, 5.41) is 7.18. The van der Waals surface area contributed by atoms with Crippen LogP contribution in [-0.4, -0.2) is 50.3 Å². The van der Waals surface area contributed by atoms with Gasteiger partial charge in [-0.3, -0.25) is 4.90 Å². The van der Waals surface area contributed by atoms with Crippen LogP contribution in [0.3, 0.4) is 0 Å². The minimum Gasteiger partial charge on any atom is -0.493 e. The number of rotatable bonds is 6. The van der Waals surface area contributed by atoms with Gasteiger partial charge in [0.2, 0.25) is 0 Å². The van der Waals surface area contributed by atoms with Crippen LogP contribution in [0.5, 0.6) is 5.75 Å². The van der Waals surface area contributed by atoms with Crippen LogP contribution in [0.4, 0.5) is 11.4 Å². The lowest BCUT2D eigenvalue weighted by molar-refractivity contribution is 0.225. The van der Waals surface area contributed by atoms with Gasteiger partial charge in [-0.05, 0) is 61.4 Å². The molecule has 1 saturated heterocycles. The monoisotopic (exact) mass is 457 g/mol. The fraction of sp³-hybridized carbons (Fsp3) is 0.440. The molecular weight excluding hydrogens is 426 g/mol. The number of aryl methyl sites for hydroxylation is 1. The maximum absolute atomic E-state index is 6.05. The number of nitrogens with zero attached hydrogens (tertiary/aromatic N) is 2. The smallest absolute Gasteiger partial charge is 0.121 e. The Morgan fingerprint density at radius 2 is 1.97 bits per heavy atom. The summed E-state index contributed by atoms with van der Waals surface area (Å²) >= 11 is 1.83. The number of nitrogens with one attached hydrogen (secondary N) is 1. The van der Waals surface area contributed by atoms with Crippen molar-refractivity contribution in [1.82, 2.24) is 4.90 Å². The van der Waals surface area contributed by atoms with E-state index in [1.54, 1.807) is 0 Å². The van der Waals surface area contributed by atoms with Crippen molar-refractivity contribution in [2.75, 3.05) is 49.5 Å². The molecule has 0 amide bonds. The first kappa shape index (κ1) is 22.3. The van der Waals surface area contributed by atoms with Crippen LogP contribution in [0.15, 0.2) is 47.8 Å². The molecule has 2 aliphatic heterocycles. The lowest BCUT2D eigenvalue weighted by Crippen LogP contribution is -2.46. The second kappa shape index (κ2) is 10.1. The number of benzene rings is 2. The van der Waals surface area contributed by atoms with Crippen LogP contribution >= 0.6 is 23.7 Å². The molecule has 2 aliphatic rings. The fourth-order valence-electron chi connectivity index (χ4n) is 4.65. The number of hydrogen-bond donors (Lipinski definition) is 1. The Labute approximate surface area is 195 Å². The van der Waals surface area contributed by atoms with E-state index in [1.807, 2.05) is 11.3 Å². The molecule has 0 bridgehead atoms. The third-order valence-corrected chi connectivity index (χ3v) is 7.29. The van der Waals surface area contributed by atoms with Crippen LogP contribution in [0, 0.1) is 0 Å². The Morgan fingerprint density at radius 1 is 1.10 bits per heavy atom. The number of piperazine rings is 1. The first-order chi connectivity index (χ1) is 14.8. The topological polar surface area (TPSA) is 27.7 Å². The van der Waals surface area contributed by atoms with Gasteiger partial charge in [-0.15, -0.1) is 23.7 Å². The van der Waals surface area contributed by atoms with Gasteiger partial charge in [-0.1, -0.05) is 12.1 Å². The fourth-order valence-corrected chi connectivity index (χ4v) is 5.46. The summed E-state index contributed by atoms with van der Waals surface area (Å²) in [6, 6.07) is 16.0. The third kappa shape index (κ3) is 5.11. The zero-order valence-electron chi connectivity index (χ0n) is 18.2. The molecule has 0 radical (unpaired) electrons. The Bertz CT molecular complexity index is 999. The summed E-state index contributed by atoms with van der Waals surface area (Å²) in [5.74, 6) is 0.990. The van der Waals surface area contributed by atoms with Gasteiger partial charge < -0.3 is 15.0 Å². The predicted molar refractivity (Wildman–Crippen MR) is 136 cm³/mol. The van der Waals surface area contributed by atoms with Gasteiger partial charge >= 0.3 is 0 Å². The molecule has 4 nitrogen and oxygen atoms in total. The van der Waals surface area contributed by atoms with Gasteiger partial charge in [-0.2, -0.15) is 0 Å². The molecule has 0 saturated carbocycles. The lowest BCUT2D eigenvalue weighted by atomic mass is 9.99. The normalized spacial score (nSPS) is 18.9. The van der Waals surface area contributed by atoms with Crippen molar-refractivity contribution >= 4 is 45.2 Å². The number of hydrogen-bond acceptors (Lipinski definition) is 5. The van der Waals surface area contributed by atoms with E-state index in [9.17, 15) is 0 Å². The average Bonchev–Trinajstić information content (AvgIpc) is 3.26. The number of fused-ring (bicyclic) bond motifs is 2. The SMILES string of the molecule is CC1CCc2ccc(OCCCN3CCN(c4cccc5sccc45)CC3)cc2N1.Cl. The molecule has 1 fully saturated rings. The number of halogens is 1. The van der Waals surface area contributed by atoms with Crippen LogP contribution in [-0.2, 0) is 6.42 Å². The Hall–Kier alpha value is -1.95. The van der Waals surface area contributed by atoms with E-state index >= 15 is 0 Å². The van der Waals surface area contributed by atoms with E-state index in [-0.39, 0.29) is 12.4 Å². The molecule has 3 aromatic rings. The summed E-state index contributed by atoms with van der Waals surface area (Å²) in [4.78, 5) is 5.12. The molecule has 0 spiro atoms. The lowest BCUT2D eigenvalue weighted by Gasteiger charge is -2.36. The molecule has 1 aromatic heterocycles. The van der Waals surface area contributed by atoms with E-state index in [4.69, 9.17) is 4.74 Å². The van der Waals surface area contributed by atoms with Gasteiger partial charge in [0.1, 0.15) is 5.75 Å². The highest BCUT2D eigenvalue weighted by molar-refractivity contribution is 7.17. The largest absolute Gasteiger partial charge is 0.493 e. The summed E-state index contributed by atoms with van der Waals surface area (Å²) < 4.78 is 7.44. The number of thiophene rings is 1. The quantitative estimate of drug-likeness (QED) is 0.483. The van der Waals surface area contributed by atoms with Crippen molar-refractivity contribution in [3.63, 3.8) is 0 Å². The van der Waals surface area contributed by atoms with Crippen LogP contribution in [0.25, 0.3) is 10.1 Å². The number of ether oxygens (including phenoxy) is 1. The second-order valence-electron chi connectivity index (χ2n) is 8.54. The van der Waals surface area contributed by atoms with Crippen LogP contribution in [0.1, 0.15) is 25.3 Å². The highest BCUT2D eigenvalue weighted by Crippen LogP contribution is 2.31. The minimum absolute atomic E-state index is 0. The molecule has 1 unspecified atom stereocenters. The highest BCUT2D eigenvalue weighted by Gasteiger charge is 2.19. The van der Waals surface area contributed by atoms with Gasteiger partial charge in [-0.25, -0.2) is 0 Å². The molecule has 3 heterocycles. The first-order valence-electron chi connectivity index (χ1n) is 11.2. The predicted octanol–water partition coefficient (Wildman–Crippen LogP) is 5.66. The molecule has 0 aliphatic carbocycles. The van der Waals surface area contributed by atoms with E-state index in [0.717, 1.165) is 57.9 Å². The zero-order chi connectivity index (χ0) is 20.3. The van der Waals surface area contributed by atoms with Crippen molar-refractivity contribution in [3.8, 4) is 5.75 Å². The Morgan fingerprint density at radius 3 is 2.84 bits per heavy atom. The summed E-state index contributed by atoms with van der Waals surface area (Å²) in [5.41, 5.74) is 4.06. The van der Waals surface area contributed by atoms with E-state index in [2.05, 4.69) is 69.9 Å². The van der Waals surface area contributed by atoms with Crippen molar-refractivity contribution < 1.29 is 4.74 Å². The molecule has 1 N–H and O–H groups in total. The second-order valence-corrected chi connectivity index (χ2v) is 9.49. The standard InChI is InChI=1S/C25H31N3OS.ClH/c1-19-6-7-20-8-9-21(18-23(20)26-19)29-16-3-11-27-12-14-28(15-13-27)24-4-2-5-25-22(24)10-17-30-25;/h2,4-5,8-10,17-19,26H,3,6-7,11-16H2,1H3;1H. The van der Waals surface area contributed by atoms with Crippen molar-refractivity contribution in [2.24, 2.45) is 0 Å². The molecule has 6 heteroatoms. The van der Waals surface area contributed by atoms with Gasteiger partial charge in [0.05, 0.1) is 6.61 Å². The van der Waals surface area contributed by atoms with Crippen molar-refractivity contribution in [3.05, 3.63) is 53.4 Å². The van der Waals surface area contributed by atoms with Gasteiger partial charge in [0, 0.05) is 66.3 Å². The Balaban J connectivity index is 0.00000231. The molecule has 5 rings (SSSR count). The summed E-state index contributed by atoms with van der Waals surface area (Å²) in [6.45, 7) is 8.59. The zero-order valence-corrected chi connectivity index (χ0v) is 19.8. The maximum Gasteiger partial charge on any atom is 0.121 e. The molecule has 2 aromatic carbocycles. The molecular formula is C25H32ClN3OS. The third-order valence-electron chi connectivity index (χ3n) is 6.40. The van der Waals surface area contributed by atoms with Crippen LogP contribution in [0.2, 0.25) is 0 Å². The minimum atomic E-state index is 0. The molecule has 1 atom stereocenters. The summed E-state index contributed by atoms with van der Waals surface area (Å²) in [7, 11) is 0. The van der Waals surface area contributed by atoms with Gasteiger partial charge in [0.25, 0.3) is 0 Å². The van der Waals surface area contributed by atoms with Crippen molar-refractivity contribution in [2.45, 2.75) is 32.2 Å². The average molecular weight is 458 g/mol. The maximum atomic E-state index is 6.05. The van der Waals surface area contributed by atoms with Gasteiger partial charge in [0.15, 0.2) is 0 Å². The molecule has 166 valence electrons. The van der Waals surface area contributed by atoms with Crippen molar-refractivity contribution in [1.29, 1.82) is 0 Å². The molecule has 31 heavy (non-hydrogen) atoms. The first-order valence-corrected chi connectivity index (χ1v) is 12.1. The van der Waals surface area contributed by atoms with E-state index in [1.165, 1.54) is 33.4 Å². The number of anilines is 2. The Kier molecular flexibility index (Phi) is 7.26. The van der Waals surface area contributed by atoms with E-state index in [0.29, 0.717) is 6.04 Å². The van der Waals surface area contributed by atoms with E-state index < -0.39 is 0 Å². The summed E-state index contributed by atoms with van der Waals surface area (Å²) in [6.07, 6.45) is 3.45. The highest BCUT2D eigenvalue weighted by atomic mass is 35.5.